The maximum Gasteiger partial charge on any atom is 0.338 e. The average Bonchev–Trinajstić information content (AvgIpc) is 2.68. The number of carbonyl (C=O) groups excluding carboxylic acids is 2. The average molecular weight is 399 g/mol. The molecule has 0 saturated carbocycles. The van der Waals surface area contributed by atoms with Crippen molar-refractivity contribution in [2.24, 2.45) is 11.7 Å². The molecule has 0 aliphatic rings. The lowest BCUT2D eigenvalue weighted by Crippen LogP contribution is -2.53. The molecule has 0 spiro atoms. The van der Waals surface area contributed by atoms with Gasteiger partial charge < -0.3 is 20.7 Å². The van der Waals surface area contributed by atoms with Crippen molar-refractivity contribution >= 4 is 23.7 Å². The molecular formula is C21H21NO7. The smallest absolute Gasteiger partial charge is 0.338 e. The Balaban J connectivity index is 2.52. The first-order chi connectivity index (χ1) is 13.7. The van der Waals surface area contributed by atoms with E-state index in [4.69, 9.17) is 10.5 Å². The van der Waals surface area contributed by atoms with Crippen molar-refractivity contribution in [3.05, 3.63) is 71.3 Å². The number of esters is 1. The van der Waals surface area contributed by atoms with Crippen molar-refractivity contribution in [2.75, 3.05) is 6.61 Å². The van der Waals surface area contributed by atoms with E-state index in [0.29, 0.717) is 5.56 Å². The van der Waals surface area contributed by atoms with Gasteiger partial charge in [-0.2, -0.15) is 0 Å². The molecule has 0 heterocycles. The zero-order valence-corrected chi connectivity index (χ0v) is 15.7. The van der Waals surface area contributed by atoms with Crippen molar-refractivity contribution in [3.63, 3.8) is 0 Å². The molecule has 0 amide bonds. The van der Waals surface area contributed by atoms with E-state index < -0.39 is 35.1 Å². The largest absolute Gasteiger partial charge is 0.480 e. The monoisotopic (exact) mass is 399 g/mol. The molecule has 1 unspecified atom stereocenters. The van der Waals surface area contributed by atoms with Gasteiger partial charge in [-0.05, 0) is 30.2 Å². The van der Waals surface area contributed by atoms with Gasteiger partial charge in [0, 0.05) is 6.42 Å². The highest BCUT2D eigenvalue weighted by Gasteiger charge is 2.46. The Labute approximate surface area is 166 Å². The molecule has 2 rings (SSSR count). The zero-order chi connectivity index (χ0) is 21.6. The van der Waals surface area contributed by atoms with E-state index in [1.54, 1.807) is 37.3 Å². The molecule has 0 aliphatic carbocycles. The summed E-state index contributed by atoms with van der Waals surface area (Å²) < 4.78 is 4.91. The maximum atomic E-state index is 13.0. The summed E-state index contributed by atoms with van der Waals surface area (Å²) >= 11 is 0. The van der Waals surface area contributed by atoms with Crippen LogP contribution in [0, 0.1) is 5.92 Å². The van der Waals surface area contributed by atoms with Gasteiger partial charge in [0.25, 0.3) is 0 Å². The van der Waals surface area contributed by atoms with Gasteiger partial charge in [-0.15, -0.1) is 0 Å². The van der Waals surface area contributed by atoms with Crippen LogP contribution in [-0.4, -0.2) is 40.5 Å². The third-order valence-electron chi connectivity index (χ3n) is 4.43. The highest BCUT2D eigenvalue weighted by Crippen LogP contribution is 2.28. The molecule has 2 aromatic rings. The standard InChI is InChI=1S/C21H21NO7/c1-2-29-20(28)14-8-10-15(11-9-14)21(22,12-13-6-4-3-5-7-13)17(23)16(18(24)25)19(26)27/h3-11,16H,2,12,22H2,1H3,(H,24,25)(H,26,27). The van der Waals surface area contributed by atoms with E-state index in [2.05, 4.69) is 0 Å². The number of ketones is 1. The molecule has 8 nitrogen and oxygen atoms in total. The quantitative estimate of drug-likeness (QED) is 0.426. The first kappa shape index (κ1) is 21.8. The number of carbonyl (C=O) groups is 4. The van der Waals surface area contributed by atoms with Crippen LogP contribution in [0.2, 0.25) is 0 Å². The fraction of sp³-hybridized carbons (Fsp3) is 0.238. The predicted molar refractivity (Wildman–Crippen MR) is 102 cm³/mol. The molecule has 0 saturated heterocycles. The molecule has 0 bridgehead atoms. The normalized spacial score (nSPS) is 12.8. The van der Waals surface area contributed by atoms with Crippen molar-refractivity contribution < 1.29 is 34.1 Å². The van der Waals surface area contributed by atoms with Crippen molar-refractivity contribution in [1.29, 1.82) is 0 Å². The molecule has 152 valence electrons. The van der Waals surface area contributed by atoms with Crippen LogP contribution >= 0.6 is 0 Å². The fourth-order valence-corrected chi connectivity index (χ4v) is 2.95. The Morgan fingerprint density at radius 2 is 1.52 bits per heavy atom. The molecule has 8 heteroatoms. The molecule has 4 N–H and O–H groups in total. The van der Waals surface area contributed by atoms with E-state index in [9.17, 15) is 29.4 Å². The first-order valence-corrected chi connectivity index (χ1v) is 8.81. The predicted octanol–water partition coefficient (Wildman–Crippen LogP) is 1.61. The maximum absolute atomic E-state index is 13.0. The topological polar surface area (TPSA) is 144 Å². The third-order valence-corrected chi connectivity index (χ3v) is 4.43. The van der Waals surface area contributed by atoms with Crippen molar-refractivity contribution in [3.8, 4) is 0 Å². The third kappa shape index (κ3) is 4.85. The Morgan fingerprint density at radius 1 is 0.966 bits per heavy atom. The number of ether oxygens (including phenoxy) is 1. The van der Waals surface area contributed by atoms with E-state index in [0.717, 1.165) is 0 Å². The Morgan fingerprint density at radius 3 is 2.00 bits per heavy atom. The van der Waals surface area contributed by atoms with E-state index in [1.165, 1.54) is 24.3 Å². The summed E-state index contributed by atoms with van der Waals surface area (Å²) in [4.78, 5) is 47.7. The summed E-state index contributed by atoms with van der Waals surface area (Å²) in [5.74, 6) is -7.65. The minimum atomic E-state index is -2.33. The molecule has 0 aromatic heterocycles. The molecule has 0 radical (unpaired) electrons. The van der Waals surface area contributed by atoms with Gasteiger partial charge in [-0.3, -0.25) is 14.4 Å². The minimum absolute atomic E-state index is 0.123. The number of Topliss-reactive ketones (excluding diaryl/α,β-unsaturated/α-hetero) is 1. The highest BCUT2D eigenvalue weighted by atomic mass is 16.5. The van der Waals surface area contributed by atoms with Crippen LogP contribution < -0.4 is 5.73 Å². The van der Waals surface area contributed by atoms with E-state index >= 15 is 0 Å². The number of carboxylic acid groups (broad SMARTS) is 2. The van der Waals surface area contributed by atoms with E-state index in [1.807, 2.05) is 0 Å². The van der Waals surface area contributed by atoms with Crippen LogP contribution in [-0.2, 0) is 31.1 Å². The van der Waals surface area contributed by atoms with Gasteiger partial charge in [-0.1, -0.05) is 42.5 Å². The number of hydrogen-bond donors (Lipinski definition) is 3. The van der Waals surface area contributed by atoms with Gasteiger partial charge in [-0.25, -0.2) is 4.79 Å². The van der Waals surface area contributed by atoms with Gasteiger partial charge in [0.05, 0.1) is 12.2 Å². The lowest BCUT2D eigenvalue weighted by atomic mass is 9.76. The number of nitrogens with two attached hydrogens (primary N) is 1. The summed E-state index contributed by atoms with van der Waals surface area (Å²) in [5, 5.41) is 18.5. The molecule has 1 atom stereocenters. The summed E-state index contributed by atoms with van der Waals surface area (Å²) in [6.45, 7) is 1.85. The molecule has 0 fully saturated rings. The van der Waals surface area contributed by atoms with Crippen LogP contribution in [0.4, 0.5) is 0 Å². The van der Waals surface area contributed by atoms with Gasteiger partial charge in [0.1, 0.15) is 5.54 Å². The molecule has 29 heavy (non-hydrogen) atoms. The minimum Gasteiger partial charge on any atom is -0.480 e. The van der Waals surface area contributed by atoms with Gasteiger partial charge >= 0.3 is 17.9 Å². The fourth-order valence-electron chi connectivity index (χ4n) is 2.95. The second kappa shape index (κ2) is 9.11. The number of benzene rings is 2. The van der Waals surface area contributed by atoms with E-state index in [-0.39, 0.29) is 24.2 Å². The van der Waals surface area contributed by atoms with Crippen LogP contribution in [0.25, 0.3) is 0 Å². The van der Waals surface area contributed by atoms with Gasteiger partial charge in [0.2, 0.25) is 5.92 Å². The van der Waals surface area contributed by atoms with Crippen LogP contribution in [0.15, 0.2) is 54.6 Å². The number of hydrogen-bond acceptors (Lipinski definition) is 6. The number of rotatable bonds is 9. The first-order valence-electron chi connectivity index (χ1n) is 8.81. The number of aliphatic carboxylic acids is 2. The zero-order valence-electron chi connectivity index (χ0n) is 15.7. The summed E-state index contributed by atoms with van der Waals surface area (Å²) in [5.41, 5.74) is 5.45. The second-order valence-corrected chi connectivity index (χ2v) is 6.41. The molecule has 0 aliphatic heterocycles. The van der Waals surface area contributed by atoms with Crippen LogP contribution in [0.1, 0.15) is 28.4 Å². The summed E-state index contributed by atoms with van der Waals surface area (Å²) in [7, 11) is 0. The lowest BCUT2D eigenvalue weighted by Gasteiger charge is -2.30. The summed E-state index contributed by atoms with van der Waals surface area (Å²) in [6.07, 6.45) is -0.123. The Hall–Kier alpha value is -3.52. The SMILES string of the molecule is CCOC(=O)c1ccc(C(N)(Cc2ccccc2)C(=O)C(C(=O)O)C(=O)O)cc1. The molecular weight excluding hydrogens is 378 g/mol. The lowest BCUT2D eigenvalue weighted by molar-refractivity contribution is -0.159. The second-order valence-electron chi connectivity index (χ2n) is 6.41. The van der Waals surface area contributed by atoms with Crippen molar-refractivity contribution in [2.45, 2.75) is 18.9 Å². The highest BCUT2D eigenvalue weighted by molar-refractivity contribution is 6.17. The number of carboxylic acids is 2. The van der Waals surface area contributed by atoms with Crippen molar-refractivity contribution in [1.82, 2.24) is 0 Å². The molecule has 2 aromatic carbocycles. The Kier molecular flexibility index (Phi) is 6.84. The Bertz CT molecular complexity index is 894. The van der Waals surface area contributed by atoms with Crippen LogP contribution in [0.3, 0.4) is 0 Å². The van der Waals surface area contributed by atoms with Gasteiger partial charge in [0.15, 0.2) is 5.78 Å². The summed E-state index contributed by atoms with van der Waals surface area (Å²) in [6, 6.07) is 14.2. The van der Waals surface area contributed by atoms with Crippen LogP contribution in [0.5, 0.6) is 0 Å².